The number of nitrogens with zero attached hydrogens (tertiary/aromatic N) is 2. The van der Waals surface area contributed by atoms with Gasteiger partial charge in [0.2, 0.25) is 0 Å². The lowest BCUT2D eigenvalue weighted by Crippen LogP contribution is -2.43. The number of nitrogens with one attached hydrogen (secondary N) is 1. The van der Waals surface area contributed by atoms with Gasteiger partial charge in [0, 0.05) is 30.2 Å². The van der Waals surface area contributed by atoms with Crippen molar-refractivity contribution in [3.05, 3.63) is 52.0 Å². The zero-order chi connectivity index (χ0) is 16.1. The molecule has 0 aromatic carbocycles. The normalized spacial score (nSPS) is 16.9. The minimum Gasteiger partial charge on any atom is -0.379 e. The molecule has 2 aromatic rings. The SMILES string of the molecule is Cc1cccc(C(=O)NC[C@H](c2cccs2)N2CCOCC2)n1. The molecular weight excluding hydrogens is 310 g/mol. The van der Waals surface area contributed by atoms with Gasteiger partial charge in [0.05, 0.1) is 19.3 Å². The van der Waals surface area contributed by atoms with Crippen LogP contribution in [0.25, 0.3) is 0 Å². The van der Waals surface area contributed by atoms with E-state index in [0.717, 1.165) is 32.0 Å². The van der Waals surface area contributed by atoms with Gasteiger partial charge >= 0.3 is 0 Å². The summed E-state index contributed by atoms with van der Waals surface area (Å²) in [5.41, 5.74) is 1.32. The van der Waals surface area contributed by atoms with Crippen LogP contribution < -0.4 is 5.32 Å². The molecule has 1 aliphatic heterocycles. The summed E-state index contributed by atoms with van der Waals surface area (Å²) in [7, 11) is 0. The second kappa shape index (κ2) is 7.68. The van der Waals surface area contributed by atoms with E-state index in [2.05, 4.69) is 32.7 Å². The summed E-state index contributed by atoms with van der Waals surface area (Å²) in [6, 6.07) is 9.86. The standard InChI is InChI=1S/C17H21N3O2S/c1-13-4-2-5-14(19-13)17(21)18-12-15(16-6-3-11-23-16)20-7-9-22-10-8-20/h2-6,11,15H,7-10,12H2,1H3,(H,18,21)/t15-/m1/s1. The highest BCUT2D eigenvalue weighted by Crippen LogP contribution is 2.25. The monoisotopic (exact) mass is 331 g/mol. The molecule has 1 saturated heterocycles. The molecule has 3 rings (SSSR count). The minimum absolute atomic E-state index is 0.122. The molecule has 0 saturated carbocycles. The van der Waals surface area contributed by atoms with Gasteiger partial charge < -0.3 is 10.1 Å². The number of carbonyl (C=O) groups excluding carboxylic acids is 1. The third kappa shape index (κ3) is 4.16. The van der Waals surface area contributed by atoms with Crippen molar-refractivity contribution in [2.75, 3.05) is 32.8 Å². The molecule has 0 aliphatic carbocycles. The van der Waals surface area contributed by atoms with E-state index in [1.54, 1.807) is 17.4 Å². The fourth-order valence-corrected chi connectivity index (χ4v) is 3.59. The third-order valence-corrected chi connectivity index (χ3v) is 4.91. The summed E-state index contributed by atoms with van der Waals surface area (Å²) in [5.74, 6) is -0.122. The number of carbonyl (C=O) groups is 1. The second-order valence-corrected chi connectivity index (χ2v) is 6.53. The summed E-state index contributed by atoms with van der Waals surface area (Å²) >= 11 is 1.73. The fourth-order valence-electron chi connectivity index (χ4n) is 2.73. The topological polar surface area (TPSA) is 54.5 Å². The van der Waals surface area contributed by atoms with Gasteiger partial charge in [-0.15, -0.1) is 11.3 Å². The van der Waals surface area contributed by atoms with Crippen molar-refractivity contribution < 1.29 is 9.53 Å². The Morgan fingerprint density at radius 3 is 2.87 bits per heavy atom. The average molecular weight is 331 g/mol. The van der Waals surface area contributed by atoms with Gasteiger partial charge in [0.1, 0.15) is 5.69 Å². The van der Waals surface area contributed by atoms with Crippen molar-refractivity contribution in [3.63, 3.8) is 0 Å². The van der Waals surface area contributed by atoms with Crippen molar-refractivity contribution in [3.8, 4) is 0 Å². The van der Waals surface area contributed by atoms with E-state index in [0.29, 0.717) is 12.2 Å². The molecule has 122 valence electrons. The first-order valence-electron chi connectivity index (χ1n) is 7.81. The number of aromatic nitrogens is 1. The van der Waals surface area contributed by atoms with Gasteiger partial charge in [0.25, 0.3) is 5.91 Å². The number of aryl methyl sites for hydroxylation is 1. The molecular formula is C17H21N3O2S. The van der Waals surface area contributed by atoms with E-state index in [-0.39, 0.29) is 11.9 Å². The Bertz CT molecular complexity index is 639. The van der Waals surface area contributed by atoms with Gasteiger partial charge in [-0.2, -0.15) is 0 Å². The van der Waals surface area contributed by atoms with Gasteiger partial charge in [-0.3, -0.25) is 9.69 Å². The smallest absolute Gasteiger partial charge is 0.269 e. The maximum atomic E-state index is 12.3. The first-order chi connectivity index (χ1) is 11.2. The molecule has 3 heterocycles. The Morgan fingerprint density at radius 2 is 2.17 bits per heavy atom. The van der Waals surface area contributed by atoms with Gasteiger partial charge in [0.15, 0.2) is 0 Å². The van der Waals surface area contributed by atoms with Gasteiger partial charge in [-0.25, -0.2) is 4.98 Å². The van der Waals surface area contributed by atoms with Crippen LogP contribution in [0.5, 0.6) is 0 Å². The van der Waals surface area contributed by atoms with Crippen molar-refractivity contribution in [1.29, 1.82) is 0 Å². The quantitative estimate of drug-likeness (QED) is 0.913. The van der Waals surface area contributed by atoms with E-state index >= 15 is 0 Å². The highest BCUT2D eigenvalue weighted by atomic mass is 32.1. The van der Waals surface area contributed by atoms with E-state index in [1.807, 2.05) is 19.1 Å². The number of pyridine rings is 1. The maximum Gasteiger partial charge on any atom is 0.269 e. The first kappa shape index (κ1) is 16.1. The Morgan fingerprint density at radius 1 is 1.35 bits per heavy atom. The number of thiophene rings is 1. The lowest BCUT2D eigenvalue weighted by molar-refractivity contribution is 0.0169. The molecule has 23 heavy (non-hydrogen) atoms. The van der Waals surface area contributed by atoms with Crippen molar-refractivity contribution in [2.24, 2.45) is 0 Å². The highest BCUT2D eigenvalue weighted by Gasteiger charge is 2.24. The van der Waals surface area contributed by atoms with Crippen LogP contribution in [-0.4, -0.2) is 48.6 Å². The van der Waals surface area contributed by atoms with Crippen molar-refractivity contribution in [1.82, 2.24) is 15.2 Å². The predicted molar refractivity (Wildman–Crippen MR) is 90.8 cm³/mol. The zero-order valence-electron chi connectivity index (χ0n) is 13.2. The van der Waals surface area contributed by atoms with Crippen LogP contribution in [0.15, 0.2) is 35.7 Å². The maximum absolute atomic E-state index is 12.3. The molecule has 5 nitrogen and oxygen atoms in total. The average Bonchev–Trinajstić information content (AvgIpc) is 3.10. The Hall–Kier alpha value is -1.76. The molecule has 0 radical (unpaired) electrons. The lowest BCUT2D eigenvalue weighted by Gasteiger charge is -2.34. The molecule has 6 heteroatoms. The summed E-state index contributed by atoms with van der Waals surface area (Å²) < 4.78 is 5.44. The predicted octanol–water partition coefficient (Wildman–Crippen LogP) is 2.25. The van der Waals surface area contributed by atoms with Crippen molar-refractivity contribution >= 4 is 17.2 Å². The van der Waals surface area contributed by atoms with Gasteiger partial charge in [-0.1, -0.05) is 12.1 Å². The minimum atomic E-state index is -0.122. The van der Waals surface area contributed by atoms with Gasteiger partial charge in [-0.05, 0) is 30.5 Å². The lowest BCUT2D eigenvalue weighted by atomic mass is 10.2. The summed E-state index contributed by atoms with van der Waals surface area (Å²) in [6.45, 7) is 5.74. The Balaban J connectivity index is 1.67. The van der Waals surface area contributed by atoms with E-state index < -0.39 is 0 Å². The number of morpholine rings is 1. The summed E-state index contributed by atoms with van der Waals surface area (Å²) in [6.07, 6.45) is 0. The largest absolute Gasteiger partial charge is 0.379 e. The molecule has 1 atom stereocenters. The molecule has 1 amide bonds. The number of hydrogen-bond acceptors (Lipinski definition) is 5. The van der Waals surface area contributed by atoms with Crippen LogP contribution >= 0.6 is 11.3 Å². The van der Waals surface area contributed by atoms with Crippen LogP contribution in [0.3, 0.4) is 0 Å². The van der Waals surface area contributed by atoms with Crippen LogP contribution in [-0.2, 0) is 4.74 Å². The Kier molecular flexibility index (Phi) is 5.38. The molecule has 0 bridgehead atoms. The second-order valence-electron chi connectivity index (χ2n) is 5.55. The number of hydrogen-bond donors (Lipinski definition) is 1. The van der Waals surface area contributed by atoms with E-state index in [1.165, 1.54) is 4.88 Å². The van der Waals surface area contributed by atoms with Crippen LogP contribution in [0.2, 0.25) is 0 Å². The van der Waals surface area contributed by atoms with Crippen LogP contribution in [0.4, 0.5) is 0 Å². The number of ether oxygens (including phenoxy) is 1. The summed E-state index contributed by atoms with van der Waals surface area (Å²) in [4.78, 5) is 20.3. The third-order valence-electron chi connectivity index (χ3n) is 3.93. The Labute approximate surface area is 140 Å². The molecule has 1 fully saturated rings. The van der Waals surface area contributed by atoms with E-state index in [4.69, 9.17) is 4.74 Å². The summed E-state index contributed by atoms with van der Waals surface area (Å²) in [5, 5.41) is 5.11. The molecule has 1 N–H and O–H groups in total. The highest BCUT2D eigenvalue weighted by molar-refractivity contribution is 7.10. The molecule has 0 unspecified atom stereocenters. The fraction of sp³-hybridized carbons (Fsp3) is 0.412. The molecule has 2 aromatic heterocycles. The molecule has 1 aliphatic rings. The number of rotatable bonds is 5. The van der Waals surface area contributed by atoms with E-state index in [9.17, 15) is 4.79 Å². The first-order valence-corrected chi connectivity index (χ1v) is 8.69. The zero-order valence-corrected chi connectivity index (χ0v) is 14.0. The molecule has 0 spiro atoms. The van der Waals surface area contributed by atoms with Crippen LogP contribution in [0, 0.1) is 6.92 Å². The van der Waals surface area contributed by atoms with Crippen LogP contribution in [0.1, 0.15) is 27.1 Å². The number of amides is 1. The van der Waals surface area contributed by atoms with Crippen molar-refractivity contribution in [2.45, 2.75) is 13.0 Å².